The van der Waals surface area contributed by atoms with Gasteiger partial charge in [-0.3, -0.25) is 0 Å². The molecule has 2 nitrogen and oxygen atoms in total. The van der Waals surface area contributed by atoms with Gasteiger partial charge >= 0.3 is 0 Å². The Morgan fingerprint density at radius 1 is 0.343 bits per heavy atom. The van der Waals surface area contributed by atoms with E-state index in [-0.39, 0.29) is 0 Å². The first-order valence-corrected chi connectivity index (χ1v) is 25.0. The molecule has 11 aromatic carbocycles. The summed E-state index contributed by atoms with van der Waals surface area (Å²) in [5, 5.41) is 5.19. The van der Waals surface area contributed by atoms with Gasteiger partial charge in [-0.2, -0.15) is 0 Å². The second-order valence-electron chi connectivity index (χ2n) is 18.7. The molecule has 326 valence electrons. The van der Waals surface area contributed by atoms with Gasteiger partial charge in [0, 0.05) is 47.8 Å². The van der Waals surface area contributed by atoms with Crippen molar-refractivity contribution in [2.45, 2.75) is 5.41 Å². The Kier molecular flexibility index (Phi) is 8.48. The molecule has 0 fully saturated rings. The van der Waals surface area contributed by atoms with Gasteiger partial charge in [0.05, 0.1) is 33.5 Å². The first kappa shape index (κ1) is 39.3. The Bertz CT molecular complexity index is 4250. The molecule has 0 bridgehead atoms. The minimum Gasteiger partial charge on any atom is -0.309 e. The number of hydrogen-bond acceptors (Lipinski definition) is 2. The summed E-state index contributed by atoms with van der Waals surface area (Å²) in [4.78, 5) is 2.53. The molecule has 1 atom stereocenters. The van der Waals surface area contributed by atoms with Crippen LogP contribution in [0.1, 0.15) is 22.3 Å². The third-order valence-electron chi connectivity index (χ3n) is 15.2. The van der Waals surface area contributed by atoms with Crippen LogP contribution >= 0.6 is 11.3 Å². The minimum absolute atomic E-state index is 0.577. The van der Waals surface area contributed by atoms with E-state index in [1.54, 1.807) is 0 Å². The highest BCUT2D eigenvalue weighted by Gasteiger charge is 2.51. The Morgan fingerprint density at radius 2 is 0.929 bits per heavy atom. The van der Waals surface area contributed by atoms with Crippen molar-refractivity contribution in [1.29, 1.82) is 0 Å². The zero-order valence-corrected chi connectivity index (χ0v) is 38.9. The number of anilines is 3. The van der Waals surface area contributed by atoms with Crippen molar-refractivity contribution in [3.63, 3.8) is 0 Å². The summed E-state index contributed by atoms with van der Waals surface area (Å²) >= 11 is 1.87. The van der Waals surface area contributed by atoms with Gasteiger partial charge in [0.25, 0.3) is 0 Å². The molecular weight excluding hydrogens is 865 g/mol. The van der Waals surface area contributed by atoms with Crippen LogP contribution in [0.2, 0.25) is 0 Å². The van der Waals surface area contributed by atoms with E-state index in [1.807, 2.05) is 11.3 Å². The molecule has 0 N–H and O–H groups in total. The molecule has 0 saturated carbocycles. The fourth-order valence-corrected chi connectivity index (χ4v) is 13.4. The lowest BCUT2D eigenvalue weighted by Crippen LogP contribution is -2.33. The lowest BCUT2D eigenvalue weighted by molar-refractivity contribution is 0.748. The number of para-hydroxylation sites is 4. The summed E-state index contributed by atoms with van der Waals surface area (Å²) < 4.78 is 5.16. The molecule has 2 aromatic heterocycles. The maximum Gasteiger partial charge on any atom is 0.0755 e. The Labute approximate surface area is 410 Å². The van der Waals surface area contributed by atoms with Crippen LogP contribution in [-0.4, -0.2) is 4.57 Å². The van der Waals surface area contributed by atoms with Crippen molar-refractivity contribution in [3.05, 3.63) is 277 Å². The second kappa shape index (κ2) is 15.1. The van der Waals surface area contributed by atoms with E-state index >= 15 is 0 Å². The fourth-order valence-electron chi connectivity index (χ4n) is 12.3. The van der Waals surface area contributed by atoms with Crippen molar-refractivity contribution in [2.24, 2.45) is 0 Å². The van der Waals surface area contributed by atoms with E-state index in [0.717, 1.165) is 22.6 Å². The van der Waals surface area contributed by atoms with E-state index in [4.69, 9.17) is 0 Å². The molecule has 13 aromatic rings. The number of hydrogen-bond donors (Lipinski definition) is 0. The van der Waals surface area contributed by atoms with Gasteiger partial charge in [-0.15, -0.1) is 11.3 Å². The maximum atomic E-state index is 2.53. The van der Waals surface area contributed by atoms with E-state index < -0.39 is 5.41 Å². The summed E-state index contributed by atoms with van der Waals surface area (Å²) in [5.74, 6) is 0. The second-order valence-corrected chi connectivity index (χ2v) is 19.8. The molecular formula is C67H42N2S. The van der Waals surface area contributed by atoms with Crippen molar-refractivity contribution in [3.8, 4) is 50.2 Å². The lowest BCUT2D eigenvalue weighted by atomic mass is 9.65. The van der Waals surface area contributed by atoms with E-state index in [1.165, 1.54) is 109 Å². The van der Waals surface area contributed by atoms with Crippen molar-refractivity contribution >= 4 is 70.4 Å². The van der Waals surface area contributed by atoms with Gasteiger partial charge in [0.2, 0.25) is 0 Å². The van der Waals surface area contributed by atoms with E-state index in [2.05, 4.69) is 264 Å². The summed E-state index contributed by atoms with van der Waals surface area (Å²) in [6.45, 7) is 0. The molecule has 1 aliphatic heterocycles. The van der Waals surface area contributed by atoms with Gasteiger partial charge < -0.3 is 9.47 Å². The number of nitrogens with zero attached hydrogens (tertiary/aromatic N) is 2. The molecule has 0 saturated heterocycles. The molecule has 2 aliphatic rings. The van der Waals surface area contributed by atoms with E-state index in [0.29, 0.717) is 0 Å². The Hall–Kier alpha value is -8.76. The predicted octanol–water partition coefficient (Wildman–Crippen LogP) is 18.3. The number of aromatic nitrogens is 1. The average Bonchev–Trinajstić information content (AvgIpc) is 4.08. The molecule has 3 heterocycles. The molecule has 15 rings (SSSR count). The molecule has 1 spiro atoms. The molecule has 70 heavy (non-hydrogen) atoms. The normalized spacial score (nSPS) is 14.3. The van der Waals surface area contributed by atoms with Gasteiger partial charge in [0.15, 0.2) is 0 Å². The van der Waals surface area contributed by atoms with Gasteiger partial charge in [0.1, 0.15) is 0 Å². The fraction of sp³-hybridized carbons (Fsp3) is 0.0149. The zero-order valence-electron chi connectivity index (χ0n) is 38.1. The molecule has 1 aliphatic carbocycles. The lowest BCUT2D eigenvalue weighted by Gasteiger charge is -2.39. The number of benzene rings is 11. The first-order chi connectivity index (χ1) is 34.7. The Morgan fingerprint density at radius 3 is 1.83 bits per heavy atom. The maximum absolute atomic E-state index is 2.53. The Balaban J connectivity index is 0.982. The molecule has 1 unspecified atom stereocenters. The zero-order chi connectivity index (χ0) is 45.9. The largest absolute Gasteiger partial charge is 0.309 e. The van der Waals surface area contributed by atoms with Crippen LogP contribution in [0.3, 0.4) is 0 Å². The van der Waals surface area contributed by atoms with Crippen molar-refractivity contribution < 1.29 is 0 Å². The predicted molar refractivity (Wildman–Crippen MR) is 296 cm³/mol. The number of thiophene rings is 1. The molecule has 0 radical (unpaired) electrons. The van der Waals surface area contributed by atoms with Crippen LogP contribution in [0.4, 0.5) is 17.1 Å². The third kappa shape index (κ3) is 5.49. The number of fused-ring (bicyclic) bond motifs is 15. The number of rotatable bonds is 6. The van der Waals surface area contributed by atoms with Crippen LogP contribution in [-0.2, 0) is 5.41 Å². The van der Waals surface area contributed by atoms with Crippen LogP contribution in [0.5, 0.6) is 0 Å². The van der Waals surface area contributed by atoms with Crippen LogP contribution in [0.25, 0.3) is 92.2 Å². The van der Waals surface area contributed by atoms with Gasteiger partial charge in [-0.1, -0.05) is 200 Å². The van der Waals surface area contributed by atoms with Crippen molar-refractivity contribution in [1.82, 2.24) is 4.57 Å². The van der Waals surface area contributed by atoms with E-state index in [9.17, 15) is 0 Å². The highest BCUT2D eigenvalue weighted by atomic mass is 32.1. The monoisotopic (exact) mass is 906 g/mol. The van der Waals surface area contributed by atoms with Crippen molar-refractivity contribution in [2.75, 3.05) is 4.90 Å². The third-order valence-corrected chi connectivity index (χ3v) is 16.3. The topological polar surface area (TPSA) is 8.17 Å². The van der Waals surface area contributed by atoms with Crippen LogP contribution in [0.15, 0.2) is 255 Å². The van der Waals surface area contributed by atoms with Crippen LogP contribution < -0.4 is 4.90 Å². The summed E-state index contributed by atoms with van der Waals surface area (Å²) in [7, 11) is 0. The standard InChI is InChI=1S/C67H42N2S/c1-2-17-43(18-3-1)45-19-14-20-47(41-45)49-21-5-10-30-59(49)68(48-38-35-44(36-39-48)46-37-40-52-51-23-7-13-34-63(51)70-64(52)42-46)62-33-16-28-57-65(62)54-24-4-8-26-55(54)67(57)56-27-9-12-32-61(56)69-60-31-11-6-22-50(60)53-25-15-29-58(67)66(53)69/h1-42H. The van der Waals surface area contributed by atoms with Gasteiger partial charge in [-0.25, -0.2) is 0 Å². The van der Waals surface area contributed by atoms with Crippen LogP contribution in [0, 0.1) is 0 Å². The SMILES string of the molecule is c1ccc(-c2cccc(-c3ccccc3N(c3ccc(-c4ccc5c(c4)sc4ccccc45)cc3)c3cccc4c3-c3ccccc3C43c4ccccc4-n4c5ccccc5c5cccc3c54)c2)cc1. The average molecular weight is 907 g/mol. The van der Waals surface area contributed by atoms with Gasteiger partial charge in [-0.05, 0) is 110 Å². The molecule has 0 amide bonds. The quantitative estimate of drug-likeness (QED) is 0.161. The highest BCUT2D eigenvalue weighted by molar-refractivity contribution is 7.25. The summed E-state index contributed by atoms with van der Waals surface area (Å²) in [6.07, 6.45) is 0. The summed E-state index contributed by atoms with van der Waals surface area (Å²) in [5.41, 5.74) is 21.4. The first-order valence-electron chi connectivity index (χ1n) is 24.2. The molecule has 3 heteroatoms. The minimum atomic E-state index is -0.577. The highest BCUT2D eigenvalue weighted by Crippen LogP contribution is 2.63. The summed E-state index contributed by atoms with van der Waals surface area (Å²) in [6, 6.07) is 95.0. The smallest absolute Gasteiger partial charge is 0.0755 e.